The Hall–Kier alpha value is -2.91. The maximum absolute atomic E-state index is 12.6. The highest BCUT2D eigenvalue weighted by Gasteiger charge is 2.30. The summed E-state index contributed by atoms with van der Waals surface area (Å²) in [6.45, 7) is 3.98. The highest BCUT2D eigenvalue weighted by Crippen LogP contribution is 2.30. The molecule has 1 aromatic heterocycles. The van der Waals surface area contributed by atoms with Crippen LogP contribution < -0.4 is 10.2 Å². The van der Waals surface area contributed by atoms with E-state index in [4.69, 9.17) is 0 Å². The van der Waals surface area contributed by atoms with Crippen molar-refractivity contribution in [2.24, 2.45) is 0 Å². The highest BCUT2D eigenvalue weighted by molar-refractivity contribution is 5.73. The standard InChI is InChI=1S/C16H17F3N6O/c1-11(26)24-6-8-25(9-7-24)14-10-20-23-15(22-14)21-13-4-2-12(3-5-13)16(17,18)19/h2-5,10H,6-9H2,1H3,(H,21,22,23). The molecule has 1 amide bonds. The Balaban J connectivity index is 1.67. The Morgan fingerprint density at radius 1 is 1.12 bits per heavy atom. The van der Waals surface area contributed by atoms with E-state index in [1.54, 1.807) is 4.90 Å². The molecule has 1 fully saturated rings. The van der Waals surface area contributed by atoms with Gasteiger partial charge in [-0.1, -0.05) is 0 Å². The van der Waals surface area contributed by atoms with Crippen molar-refractivity contribution in [3.63, 3.8) is 0 Å². The van der Waals surface area contributed by atoms with Crippen LogP contribution in [-0.4, -0.2) is 52.2 Å². The predicted octanol–water partition coefficient (Wildman–Crippen LogP) is 2.30. The second-order valence-corrected chi connectivity index (χ2v) is 5.83. The van der Waals surface area contributed by atoms with Gasteiger partial charge in [0.25, 0.3) is 0 Å². The van der Waals surface area contributed by atoms with Gasteiger partial charge in [0.2, 0.25) is 11.9 Å². The summed E-state index contributed by atoms with van der Waals surface area (Å²) in [5.41, 5.74) is -0.294. The van der Waals surface area contributed by atoms with Crippen LogP contribution in [0.3, 0.4) is 0 Å². The molecule has 0 radical (unpaired) electrons. The summed E-state index contributed by atoms with van der Waals surface area (Å²) < 4.78 is 37.8. The van der Waals surface area contributed by atoms with Gasteiger partial charge in [0.1, 0.15) is 0 Å². The number of benzene rings is 1. The number of amides is 1. The van der Waals surface area contributed by atoms with Crippen molar-refractivity contribution in [2.75, 3.05) is 36.4 Å². The van der Waals surface area contributed by atoms with E-state index in [2.05, 4.69) is 20.5 Å². The summed E-state index contributed by atoms with van der Waals surface area (Å²) in [5.74, 6) is 0.823. The molecule has 0 aliphatic carbocycles. The van der Waals surface area contributed by atoms with Crippen molar-refractivity contribution in [2.45, 2.75) is 13.1 Å². The van der Waals surface area contributed by atoms with E-state index in [-0.39, 0.29) is 11.9 Å². The van der Waals surface area contributed by atoms with Gasteiger partial charge in [0.05, 0.1) is 11.8 Å². The number of carbonyl (C=O) groups is 1. The number of alkyl halides is 3. The lowest BCUT2D eigenvalue weighted by atomic mass is 10.2. The molecule has 0 saturated carbocycles. The number of anilines is 3. The molecular formula is C16H17F3N6O. The molecule has 0 atom stereocenters. The minimum atomic E-state index is -4.38. The van der Waals surface area contributed by atoms with E-state index in [1.807, 2.05) is 4.90 Å². The fourth-order valence-electron chi connectivity index (χ4n) is 2.62. The Morgan fingerprint density at radius 2 is 1.77 bits per heavy atom. The van der Waals surface area contributed by atoms with E-state index < -0.39 is 11.7 Å². The molecule has 138 valence electrons. The fraction of sp³-hybridized carbons (Fsp3) is 0.375. The van der Waals surface area contributed by atoms with E-state index in [0.29, 0.717) is 37.7 Å². The van der Waals surface area contributed by atoms with Gasteiger partial charge in [-0.3, -0.25) is 4.79 Å². The van der Waals surface area contributed by atoms with Crippen LogP contribution in [0.1, 0.15) is 12.5 Å². The molecule has 1 N–H and O–H groups in total. The fourth-order valence-corrected chi connectivity index (χ4v) is 2.62. The molecule has 2 heterocycles. The average Bonchev–Trinajstić information content (AvgIpc) is 2.62. The third kappa shape index (κ3) is 4.19. The minimum Gasteiger partial charge on any atom is -0.352 e. The molecule has 0 bridgehead atoms. The monoisotopic (exact) mass is 366 g/mol. The van der Waals surface area contributed by atoms with Gasteiger partial charge in [0.15, 0.2) is 5.82 Å². The van der Waals surface area contributed by atoms with Gasteiger partial charge in [0, 0.05) is 38.8 Å². The Morgan fingerprint density at radius 3 is 2.35 bits per heavy atom. The second-order valence-electron chi connectivity index (χ2n) is 5.83. The van der Waals surface area contributed by atoms with Crippen LogP contribution in [0.4, 0.5) is 30.6 Å². The zero-order valence-electron chi connectivity index (χ0n) is 14.0. The van der Waals surface area contributed by atoms with Crippen LogP contribution in [0, 0.1) is 0 Å². The Labute approximate surface area is 147 Å². The van der Waals surface area contributed by atoms with Crippen LogP contribution in [-0.2, 0) is 11.0 Å². The first-order valence-electron chi connectivity index (χ1n) is 7.97. The topological polar surface area (TPSA) is 74.2 Å². The third-order valence-electron chi connectivity index (χ3n) is 4.06. The molecule has 26 heavy (non-hydrogen) atoms. The van der Waals surface area contributed by atoms with Gasteiger partial charge < -0.3 is 15.1 Å². The zero-order chi connectivity index (χ0) is 18.7. The lowest BCUT2D eigenvalue weighted by Crippen LogP contribution is -2.48. The summed E-state index contributed by atoms with van der Waals surface area (Å²) in [5, 5.41) is 10.6. The van der Waals surface area contributed by atoms with Crippen molar-refractivity contribution in [3.8, 4) is 0 Å². The molecule has 7 nitrogen and oxygen atoms in total. The predicted molar refractivity (Wildman–Crippen MR) is 89.0 cm³/mol. The van der Waals surface area contributed by atoms with Crippen molar-refractivity contribution >= 4 is 23.4 Å². The number of piperazine rings is 1. The summed E-state index contributed by atoms with van der Waals surface area (Å²) >= 11 is 0. The number of hydrogen-bond acceptors (Lipinski definition) is 6. The van der Waals surface area contributed by atoms with Crippen LogP contribution in [0.25, 0.3) is 0 Å². The molecule has 0 spiro atoms. The highest BCUT2D eigenvalue weighted by atomic mass is 19.4. The lowest BCUT2D eigenvalue weighted by molar-refractivity contribution is -0.137. The average molecular weight is 366 g/mol. The number of nitrogens with one attached hydrogen (secondary N) is 1. The number of halogens is 3. The molecule has 1 aliphatic rings. The molecule has 2 aromatic rings. The number of hydrogen-bond donors (Lipinski definition) is 1. The summed E-state index contributed by atoms with van der Waals surface area (Å²) in [6.07, 6.45) is -2.86. The van der Waals surface area contributed by atoms with Gasteiger partial charge in [-0.15, -0.1) is 5.10 Å². The first kappa shape index (κ1) is 17.9. The largest absolute Gasteiger partial charge is 0.416 e. The van der Waals surface area contributed by atoms with Crippen LogP contribution >= 0.6 is 0 Å². The molecule has 3 rings (SSSR count). The molecule has 0 unspecified atom stereocenters. The van der Waals surface area contributed by atoms with Crippen LogP contribution in [0.15, 0.2) is 30.5 Å². The first-order chi connectivity index (χ1) is 12.3. The summed E-state index contributed by atoms with van der Waals surface area (Å²) in [7, 11) is 0. The quantitative estimate of drug-likeness (QED) is 0.899. The van der Waals surface area contributed by atoms with Crippen LogP contribution in [0.2, 0.25) is 0 Å². The van der Waals surface area contributed by atoms with Gasteiger partial charge in [-0.05, 0) is 24.3 Å². The molecular weight excluding hydrogens is 349 g/mol. The smallest absolute Gasteiger partial charge is 0.352 e. The zero-order valence-corrected chi connectivity index (χ0v) is 14.0. The van der Waals surface area contributed by atoms with E-state index in [9.17, 15) is 18.0 Å². The maximum atomic E-state index is 12.6. The Kier molecular flexibility index (Phi) is 4.92. The second kappa shape index (κ2) is 7.14. The first-order valence-corrected chi connectivity index (χ1v) is 7.97. The molecule has 1 aliphatic heterocycles. The number of aromatic nitrogens is 3. The molecule has 1 aromatic carbocycles. The van der Waals surface area contributed by atoms with E-state index in [1.165, 1.54) is 25.3 Å². The maximum Gasteiger partial charge on any atom is 0.416 e. The van der Waals surface area contributed by atoms with E-state index in [0.717, 1.165) is 12.1 Å². The van der Waals surface area contributed by atoms with Gasteiger partial charge in [-0.25, -0.2) is 0 Å². The number of carbonyl (C=O) groups excluding carboxylic acids is 1. The number of rotatable bonds is 3. The normalized spacial score (nSPS) is 15.1. The summed E-state index contributed by atoms with van der Waals surface area (Å²) in [6, 6.07) is 4.59. The Bertz CT molecular complexity index is 772. The van der Waals surface area contributed by atoms with Crippen molar-refractivity contribution in [3.05, 3.63) is 36.0 Å². The number of nitrogens with zero attached hydrogens (tertiary/aromatic N) is 5. The molecule has 10 heteroatoms. The SMILES string of the molecule is CC(=O)N1CCN(c2cnnc(Nc3ccc(C(F)(F)F)cc3)n2)CC1. The van der Waals surface area contributed by atoms with Gasteiger partial charge in [-0.2, -0.15) is 23.3 Å². The lowest BCUT2D eigenvalue weighted by Gasteiger charge is -2.34. The van der Waals surface area contributed by atoms with Gasteiger partial charge >= 0.3 is 6.18 Å². The van der Waals surface area contributed by atoms with Crippen molar-refractivity contribution < 1.29 is 18.0 Å². The van der Waals surface area contributed by atoms with Crippen LogP contribution in [0.5, 0.6) is 0 Å². The minimum absolute atomic E-state index is 0.0371. The molecule has 1 saturated heterocycles. The van der Waals surface area contributed by atoms with Crippen molar-refractivity contribution in [1.82, 2.24) is 20.1 Å². The van der Waals surface area contributed by atoms with Crippen molar-refractivity contribution in [1.29, 1.82) is 0 Å². The van der Waals surface area contributed by atoms with E-state index >= 15 is 0 Å². The third-order valence-corrected chi connectivity index (χ3v) is 4.06. The summed E-state index contributed by atoms with van der Waals surface area (Å²) in [4.78, 5) is 19.5.